The minimum Gasteiger partial charge on any atom is -0.497 e. The van der Waals surface area contributed by atoms with Gasteiger partial charge in [-0.25, -0.2) is 0 Å². The van der Waals surface area contributed by atoms with E-state index in [1.54, 1.807) is 25.6 Å². The van der Waals surface area contributed by atoms with Crippen molar-refractivity contribution >= 4 is 48.1 Å². The highest BCUT2D eigenvalue weighted by Crippen LogP contribution is 2.40. The van der Waals surface area contributed by atoms with Crippen molar-refractivity contribution in [2.45, 2.75) is 25.4 Å². The Morgan fingerprint density at radius 2 is 2.03 bits per heavy atom. The fraction of sp³-hybridized carbons (Fsp3) is 0.400. The molecule has 2 aromatic carbocycles. The minimum atomic E-state index is 0.0378. The van der Waals surface area contributed by atoms with E-state index < -0.39 is 0 Å². The van der Waals surface area contributed by atoms with E-state index in [2.05, 4.69) is 26.9 Å². The van der Waals surface area contributed by atoms with Crippen molar-refractivity contribution in [1.82, 2.24) is 4.90 Å². The van der Waals surface area contributed by atoms with E-state index in [1.807, 2.05) is 49.3 Å². The van der Waals surface area contributed by atoms with Crippen LogP contribution in [0.2, 0.25) is 0 Å². The first-order valence-corrected chi connectivity index (χ1v) is 12.4. The van der Waals surface area contributed by atoms with Gasteiger partial charge in [0, 0.05) is 53.9 Å². The Balaban J connectivity index is 1.64. The quantitative estimate of drug-likeness (QED) is 0.365. The number of anilines is 1. The van der Waals surface area contributed by atoms with Crippen molar-refractivity contribution in [1.29, 1.82) is 0 Å². The Morgan fingerprint density at radius 3 is 2.72 bits per heavy atom. The number of halogens is 1. The van der Waals surface area contributed by atoms with Crippen LogP contribution in [0.5, 0.6) is 5.75 Å². The third-order valence-corrected chi connectivity index (χ3v) is 8.12. The number of thiophene rings is 1. The van der Waals surface area contributed by atoms with E-state index in [9.17, 15) is 4.79 Å². The maximum atomic E-state index is 13.6. The molecule has 1 saturated heterocycles. The Bertz CT molecular complexity index is 1130. The second-order valence-electron chi connectivity index (χ2n) is 8.40. The van der Waals surface area contributed by atoms with E-state index in [0.717, 1.165) is 50.6 Å². The smallest absolute Gasteiger partial charge is 0.196 e. The summed E-state index contributed by atoms with van der Waals surface area (Å²) in [4.78, 5) is 18.1. The van der Waals surface area contributed by atoms with Crippen LogP contribution in [0.25, 0.3) is 10.1 Å². The van der Waals surface area contributed by atoms with Crippen LogP contribution in [-0.2, 0) is 11.3 Å². The molecule has 1 fully saturated rings. The molecular weight excluding hydrogens is 488 g/mol. The van der Waals surface area contributed by atoms with Crippen molar-refractivity contribution in [3.63, 3.8) is 0 Å². The molecule has 3 aromatic rings. The standard InChI is InChI=1S/C25H29BrN2O3S/c1-27(2)25-23(20-10-9-19(31-4)13-22(20)32-25)24(29)16-7-8-17(21(26)12-16)14-28-11-5-6-18(28)15-30-3/h7-10,12-13,18H,5-6,11,14-15H2,1-4H3. The number of methoxy groups -OCH3 is 2. The van der Waals surface area contributed by atoms with Crippen molar-refractivity contribution in [3.8, 4) is 5.75 Å². The van der Waals surface area contributed by atoms with Gasteiger partial charge < -0.3 is 14.4 Å². The number of fused-ring (bicyclic) bond motifs is 1. The first-order chi connectivity index (χ1) is 15.4. The highest BCUT2D eigenvalue weighted by atomic mass is 79.9. The van der Waals surface area contributed by atoms with Crippen LogP contribution >= 0.6 is 27.3 Å². The first kappa shape index (κ1) is 23.2. The molecule has 0 bridgehead atoms. The average molecular weight is 517 g/mol. The second-order valence-corrected chi connectivity index (χ2v) is 10.3. The summed E-state index contributed by atoms with van der Waals surface area (Å²) >= 11 is 5.34. The third-order valence-electron chi connectivity index (χ3n) is 6.06. The zero-order valence-electron chi connectivity index (χ0n) is 19.0. The number of hydrogen-bond acceptors (Lipinski definition) is 6. The lowest BCUT2D eigenvalue weighted by molar-refractivity contribution is 0.104. The number of ketones is 1. The molecule has 0 spiro atoms. The topological polar surface area (TPSA) is 42.0 Å². The van der Waals surface area contributed by atoms with Gasteiger partial charge in [0.15, 0.2) is 5.78 Å². The largest absolute Gasteiger partial charge is 0.497 e. The second kappa shape index (κ2) is 9.91. The normalized spacial score (nSPS) is 16.6. The number of nitrogens with zero attached hydrogens (tertiary/aromatic N) is 2. The average Bonchev–Trinajstić information content (AvgIpc) is 3.38. The summed E-state index contributed by atoms with van der Waals surface area (Å²) in [5.74, 6) is 0.833. The number of carbonyl (C=O) groups is 1. The highest BCUT2D eigenvalue weighted by Gasteiger charge is 2.26. The van der Waals surface area contributed by atoms with E-state index >= 15 is 0 Å². The summed E-state index contributed by atoms with van der Waals surface area (Å²) in [5, 5.41) is 1.92. The predicted octanol–water partition coefficient (Wildman–Crippen LogP) is 5.58. The fourth-order valence-corrected chi connectivity index (χ4v) is 6.04. The zero-order valence-corrected chi connectivity index (χ0v) is 21.4. The Morgan fingerprint density at radius 1 is 1.22 bits per heavy atom. The Kier molecular flexibility index (Phi) is 7.20. The monoisotopic (exact) mass is 516 g/mol. The maximum Gasteiger partial charge on any atom is 0.196 e. The van der Waals surface area contributed by atoms with Crippen molar-refractivity contribution in [2.24, 2.45) is 0 Å². The Hall–Kier alpha value is -1.93. The summed E-state index contributed by atoms with van der Waals surface area (Å²) in [6, 6.07) is 12.3. The minimum absolute atomic E-state index is 0.0378. The van der Waals surface area contributed by atoms with E-state index in [4.69, 9.17) is 9.47 Å². The van der Waals surface area contributed by atoms with Gasteiger partial charge in [0.2, 0.25) is 0 Å². The lowest BCUT2D eigenvalue weighted by Crippen LogP contribution is -2.32. The van der Waals surface area contributed by atoms with Gasteiger partial charge in [0.05, 0.1) is 19.3 Å². The number of hydrogen-bond donors (Lipinski definition) is 0. The molecule has 5 nitrogen and oxygen atoms in total. The molecular formula is C25H29BrN2O3S. The van der Waals surface area contributed by atoms with Crippen LogP contribution in [0.3, 0.4) is 0 Å². The van der Waals surface area contributed by atoms with Crippen molar-refractivity contribution in [3.05, 3.63) is 57.6 Å². The van der Waals surface area contributed by atoms with Crippen molar-refractivity contribution < 1.29 is 14.3 Å². The molecule has 0 saturated carbocycles. The van der Waals surface area contributed by atoms with Gasteiger partial charge in [-0.3, -0.25) is 9.69 Å². The van der Waals surface area contributed by atoms with Crippen LogP contribution in [0.4, 0.5) is 5.00 Å². The molecule has 1 aliphatic heterocycles. The maximum absolute atomic E-state index is 13.6. The summed E-state index contributed by atoms with van der Waals surface area (Å²) in [7, 11) is 7.37. The molecule has 1 atom stereocenters. The molecule has 1 aromatic heterocycles. The molecule has 4 rings (SSSR count). The molecule has 0 aliphatic carbocycles. The van der Waals surface area contributed by atoms with Crippen molar-refractivity contribution in [2.75, 3.05) is 46.4 Å². The molecule has 170 valence electrons. The van der Waals surface area contributed by atoms with Crippen LogP contribution < -0.4 is 9.64 Å². The summed E-state index contributed by atoms with van der Waals surface area (Å²) in [6.07, 6.45) is 2.37. The van der Waals surface area contributed by atoms with Gasteiger partial charge in [0.25, 0.3) is 0 Å². The Labute approximate surface area is 202 Å². The molecule has 1 unspecified atom stereocenters. The fourth-order valence-electron chi connectivity index (χ4n) is 4.39. The summed E-state index contributed by atoms with van der Waals surface area (Å²) < 4.78 is 12.8. The van der Waals surface area contributed by atoms with Crippen LogP contribution in [0.1, 0.15) is 34.3 Å². The molecule has 0 radical (unpaired) electrons. The SMILES string of the molecule is COCC1CCCN1Cc1ccc(C(=O)c2c(N(C)C)sc3cc(OC)ccc23)cc1Br. The summed E-state index contributed by atoms with van der Waals surface area (Å²) in [5.41, 5.74) is 2.63. The number of rotatable bonds is 8. The van der Waals surface area contributed by atoms with Gasteiger partial charge in [-0.1, -0.05) is 28.1 Å². The lowest BCUT2D eigenvalue weighted by Gasteiger charge is -2.24. The molecule has 32 heavy (non-hydrogen) atoms. The van der Waals surface area contributed by atoms with Gasteiger partial charge in [-0.2, -0.15) is 0 Å². The molecule has 1 aliphatic rings. The van der Waals surface area contributed by atoms with Gasteiger partial charge >= 0.3 is 0 Å². The van der Waals surface area contributed by atoms with Crippen LogP contribution in [0, 0.1) is 0 Å². The number of ether oxygens (including phenoxy) is 2. The zero-order chi connectivity index (χ0) is 22.8. The number of benzene rings is 2. The molecule has 0 amide bonds. The molecule has 0 N–H and O–H groups in total. The van der Waals surface area contributed by atoms with Crippen LogP contribution in [-0.4, -0.2) is 58.2 Å². The molecule has 2 heterocycles. The van der Waals surface area contributed by atoms with Gasteiger partial charge in [-0.15, -0.1) is 11.3 Å². The third kappa shape index (κ3) is 4.57. The number of carbonyl (C=O) groups excluding carboxylic acids is 1. The molecule has 7 heteroatoms. The predicted molar refractivity (Wildman–Crippen MR) is 136 cm³/mol. The number of likely N-dealkylation sites (tertiary alicyclic amines) is 1. The van der Waals surface area contributed by atoms with Crippen LogP contribution in [0.15, 0.2) is 40.9 Å². The lowest BCUT2D eigenvalue weighted by atomic mass is 10.00. The first-order valence-electron chi connectivity index (χ1n) is 10.8. The van der Waals surface area contributed by atoms with E-state index in [1.165, 1.54) is 18.4 Å². The summed E-state index contributed by atoms with van der Waals surface area (Å²) in [6.45, 7) is 2.70. The van der Waals surface area contributed by atoms with E-state index in [-0.39, 0.29) is 5.78 Å². The van der Waals surface area contributed by atoms with Gasteiger partial charge in [0.1, 0.15) is 10.8 Å². The van der Waals surface area contributed by atoms with Gasteiger partial charge in [-0.05, 0) is 49.2 Å². The highest BCUT2D eigenvalue weighted by molar-refractivity contribution is 9.10. The van der Waals surface area contributed by atoms with E-state index in [0.29, 0.717) is 11.6 Å².